The molecule has 1 fully saturated rings. The van der Waals surface area contributed by atoms with E-state index < -0.39 is 17.8 Å². The number of carbonyl (C=O) groups excluding carboxylic acids is 3. The number of nitrogens with one attached hydrogen (secondary N) is 2. The molecule has 7 heteroatoms. The van der Waals surface area contributed by atoms with Crippen LogP contribution in [0.2, 0.25) is 0 Å². The molecule has 0 aromatic heterocycles. The largest absolute Gasteiger partial charge is 0.331 e. The third kappa shape index (κ3) is 3.41. The van der Waals surface area contributed by atoms with E-state index in [1.807, 2.05) is 6.92 Å². The van der Waals surface area contributed by atoms with Crippen molar-refractivity contribution in [2.75, 3.05) is 13.7 Å². The van der Waals surface area contributed by atoms with E-state index in [1.54, 1.807) is 0 Å². The summed E-state index contributed by atoms with van der Waals surface area (Å²) in [7, 11) is 1.30. The van der Waals surface area contributed by atoms with Crippen LogP contribution in [0, 0.1) is 0 Å². The maximum absolute atomic E-state index is 12.0. The summed E-state index contributed by atoms with van der Waals surface area (Å²) in [4.78, 5) is 40.9. The van der Waals surface area contributed by atoms with Crippen LogP contribution in [0.4, 0.5) is 4.79 Å². The Hall–Kier alpha value is -2.15. The molecule has 0 aliphatic carbocycles. The van der Waals surface area contributed by atoms with E-state index in [9.17, 15) is 14.4 Å². The van der Waals surface area contributed by atoms with E-state index in [1.165, 1.54) is 13.1 Å². The van der Waals surface area contributed by atoms with Gasteiger partial charge in [-0.25, -0.2) is 4.79 Å². The van der Waals surface area contributed by atoms with Gasteiger partial charge >= 0.3 is 6.03 Å². The third-order valence-corrected chi connectivity index (χ3v) is 2.47. The molecule has 0 unspecified atom stereocenters. The quantitative estimate of drug-likeness (QED) is 0.240. The van der Waals surface area contributed by atoms with Crippen LogP contribution in [0.15, 0.2) is 23.9 Å². The van der Waals surface area contributed by atoms with Gasteiger partial charge in [0.25, 0.3) is 11.8 Å². The monoisotopic (exact) mass is 267 g/mol. The van der Waals surface area contributed by atoms with Crippen molar-refractivity contribution in [1.82, 2.24) is 15.7 Å². The Bertz CT molecular complexity index is 442. The van der Waals surface area contributed by atoms with Gasteiger partial charge in [-0.2, -0.15) is 0 Å². The smallest absolute Gasteiger partial charge is 0.273 e. The van der Waals surface area contributed by atoms with Crippen LogP contribution in [0.5, 0.6) is 0 Å². The first-order valence-electron chi connectivity index (χ1n) is 5.88. The molecule has 4 amide bonds. The SMILES string of the molecule is C=CCONC(CCC)=C1C(=O)NC(=O)N(C)C1=O. The molecule has 1 rings (SSSR count). The summed E-state index contributed by atoms with van der Waals surface area (Å²) in [5.41, 5.74) is 2.83. The average molecular weight is 267 g/mol. The molecule has 19 heavy (non-hydrogen) atoms. The number of hydroxylamine groups is 1. The normalized spacial score (nSPS) is 18.2. The van der Waals surface area contributed by atoms with Gasteiger partial charge in [0.1, 0.15) is 5.57 Å². The van der Waals surface area contributed by atoms with E-state index in [2.05, 4.69) is 17.4 Å². The first-order valence-corrected chi connectivity index (χ1v) is 5.88. The van der Waals surface area contributed by atoms with Gasteiger partial charge in [-0.3, -0.25) is 30.1 Å². The molecule has 2 N–H and O–H groups in total. The van der Waals surface area contributed by atoms with Crippen LogP contribution in [0.25, 0.3) is 0 Å². The molecule has 0 aromatic rings. The molecule has 1 aliphatic rings. The van der Waals surface area contributed by atoms with Crippen molar-refractivity contribution in [2.24, 2.45) is 0 Å². The van der Waals surface area contributed by atoms with Gasteiger partial charge in [-0.15, -0.1) is 6.58 Å². The lowest BCUT2D eigenvalue weighted by Crippen LogP contribution is -2.53. The van der Waals surface area contributed by atoms with Gasteiger partial charge in [0.2, 0.25) is 0 Å². The van der Waals surface area contributed by atoms with Crippen LogP contribution in [0.1, 0.15) is 19.8 Å². The Balaban J connectivity index is 3.03. The van der Waals surface area contributed by atoms with E-state index in [0.29, 0.717) is 18.5 Å². The minimum Gasteiger partial charge on any atom is -0.273 e. The molecule has 1 aliphatic heterocycles. The minimum absolute atomic E-state index is 0.104. The maximum Gasteiger partial charge on any atom is 0.331 e. The predicted molar refractivity (Wildman–Crippen MR) is 67.5 cm³/mol. The fourth-order valence-electron chi connectivity index (χ4n) is 1.53. The highest BCUT2D eigenvalue weighted by molar-refractivity contribution is 6.29. The highest BCUT2D eigenvalue weighted by atomic mass is 16.6. The zero-order valence-electron chi connectivity index (χ0n) is 11.0. The number of hydrogen-bond donors (Lipinski definition) is 2. The van der Waals surface area contributed by atoms with Crippen molar-refractivity contribution in [3.8, 4) is 0 Å². The number of imide groups is 2. The Kier molecular flexibility index (Phi) is 5.25. The van der Waals surface area contributed by atoms with Crippen molar-refractivity contribution in [2.45, 2.75) is 19.8 Å². The summed E-state index contributed by atoms with van der Waals surface area (Å²) < 4.78 is 0. The molecule has 7 nitrogen and oxygen atoms in total. The lowest BCUT2D eigenvalue weighted by atomic mass is 10.1. The van der Waals surface area contributed by atoms with Gasteiger partial charge in [-0.1, -0.05) is 19.4 Å². The van der Waals surface area contributed by atoms with Gasteiger partial charge in [0.05, 0.1) is 12.3 Å². The van der Waals surface area contributed by atoms with E-state index in [-0.39, 0.29) is 12.2 Å². The van der Waals surface area contributed by atoms with Crippen molar-refractivity contribution in [3.05, 3.63) is 23.9 Å². The lowest BCUT2D eigenvalue weighted by molar-refractivity contribution is -0.129. The Morgan fingerprint density at radius 3 is 2.74 bits per heavy atom. The number of amides is 4. The number of carbonyl (C=O) groups is 3. The first kappa shape index (κ1) is 14.9. The van der Waals surface area contributed by atoms with Crippen molar-refractivity contribution in [3.63, 3.8) is 0 Å². The zero-order chi connectivity index (χ0) is 14.4. The van der Waals surface area contributed by atoms with E-state index in [4.69, 9.17) is 4.84 Å². The summed E-state index contributed by atoms with van der Waals surface area (Å²) >= 11 is 0. The number of rotatable bonds is 6. The Morgan fingerprint density at radius 1 is 1.47 bits per heavy atom. The van der Waals surface area contributed by atoms with Crippen LogP contribution < -0.4 is 10.8 Å². The van der Waals surface area contributed by atoms with Crippen LogP contribution in [-0.4, -0.2) is 36.4 Å². The summed E-state index contributed by atoms with van der Waals surface area (Å²) in [6, 6.07) is -0.735. The van der Waals surface area contributed by atoms with Gasteiger partial charge in [0.15, 0.2) is 0 Å². The van der Waals surface area contributed by atoms with Gasteiger partial charge in [0, 0.05) is 7.05 Å². The molecule has 0 saturated carbocycles. The second-order valence-corrected chi connectivity index (χ2v) is 3.93. The molecule has 0 aromatic carbocycles. The molecular weight excluding hydrogens is 250 g/mol. The number of barbiturate groups is 1. The molecule has 0 spiro atoms. The topological polar surface area (TPSA) is 87.7 Å². The van der Waals surface area contributed by atoms with Gasteiger partial charge in [-0.05, 0) is 6.42 Å². The number of hydrogen-bond acceptors (Lipinski definition) is 5. The van der Waals surface area contributed by atoms with Crippen LogP contribution in [-0.2, 0) is 14.4 Å². The van der Waals surface area contributed by atoms with E-state index >= 15 is 0 Å². The fourth-order valence-corrected chi connectivity index (χ4v) is 1.53. The molecule has 0 radical (unpaired) electrons. The summed E-state index contributed by atoms with van der Waals surface area (Å²) in [6.07, 6.45) is 2.69. The minimum atomic E-state index is -0.735. The molecular formula is C12H17N3O4. The number of nitrogens with zero attached hydrogens (tertiary/aromatic N) is 1. The predicted octanol–water partition coefficient (Wildman–Crippen LogP) is 0.456. The van der Waals surface area contributed by atoms with E-state index in [0.717, 1.165) is 4.90 Å². The number of allylic oxidation sites excluding steroid dienone is 1. The third-order valence-electron chi connectivity index (χ3n) is 2.47. The average Bonchev–Trinajstić information content (AvgIpc) is 2.36. The Morgan fingerprint density at radius 2 is 2.16 bits per heavy atom. The second kappa shape index (κ2) is 6.69. The summed E-state index contributed by atoms with van der Waals surface area (Å²) in [6.45, 7) is 5.61. The maximum atomic E-state index is 12.0. The summed E-state index contributed by atoms with van der Waals surface area (Å²) in [5, 5.41) is 2.09. The number of urea groups is 1. The molecule has 1 heterocycles. The lowest BCUT2D eigenvalue weighted by Gasteiger charge is -2.24. The fraction of sp³-hybridized carbons (Fsp3) is 0.417. The van der Waals surface area contributed by atoms with Crippen LogP contribution in [0.3, 0.4) is 0 Å². The summed E-state index contributed by atoms with van der Waals surface area (Å²) in [5.74, 6) is -1.36. The molecule has 104 valence electrons. The molecule has 0 atom stereocenters. The van der Waals surface area contributed by atoms with Gasteiger partial charge < -0.3 is 0 Å². The van der Waals surface area contributed by atoms with Crippen molar-refractivity contribution >= 4 is 17.8 Å². The molecule has 0 bridgehead atoms. The zero-order valence-corrected chi connectivity index (χ0v) is 11.0. The first-order chi connectivity index (χ1) is 9.02. The highest BCUT2D eigenvalue weighted by Crippen LogP contribution is 2.15. The van der Waals surface area contributed by atoms with Crippen molar-refractivity contribution in [1.29, 1.82) is 0 Å². The second-order valence-electron chi connectivity index (χ2n) is 3.93. The number of likely N-dealkylation sites (N-methyl/N-ethyl adjacent to an activating group) is 1. The van der Waals surface area contributed by atoms with Crippen molar-refractivity contribution < 1.29 is 19.2 Å². The molecule has 1 saturated heterocycles. The standard InChI is InChI=1S/C12H17N3O4/c1-4-6-8(14-19-7-5-2)9-10(16)13-12(18)15(3)11(9)17/h5,14H,2,4,6-7H2,1,3H3,(H,13,16,18). The Labute approximate surface area is 111 Å². The highest BCUT2D eigenvalue weighted by Gasteiger charge is 2.35. The van der Waals surface area contributed by atoms with Crippen LogP contribution >= 0.6 is 0 Å².